The lowest BCUT2D eigenvalue weighted by atomic mass is 9.62. The second-order valence-electron chi connectivity index (χ2n) is 4.12. The molecule has 0 aliphatic carbocycles. The first-order valence-electron chi connectivity index (χ1n) is 5.59. The van der Waals surface area contributed by atoms with Gasteiger partial charge in [0.1, 0.15) is 7.28 Å². The summed E-state index contributed by atoms with van der Waals surface area (Å²) in [4.78, 5) is 0. The van der Waals surface area contributed by atoms with Gasteiger partial charge < -0.3 is 0 Å². The summed E-state index contributed by atoms with van der Waals surface area (Å²) in [6.45, 7) is 6.62. The molecule has 0 unspecified atom stereocenters. The highest BCUT2D eigenvalue weighted by Crippen LogP contribution is 2.12. The van der Waals surface area contributed by atoms with E-state index in [0.717, 1.165) is 12.7 Å². The summed E-state index contributed by atoms with van der Waals surface area (Å²) in [5.41, 5.74) is 8.05. The summed E-state index contributed by atoms with van der Waals surface area (Å²) < 4.78 is 0. The molecule has 0 aromatic rings. The lowest BCUT2D eigenvalue weighted by Crippen LogP contribution is -2.00. The van der Waals surface area contributed by atoms with E-state index in [2.05, 4.69) is 33.2 Å². The second kappa shape index (κ2) is 8.98. The van der Waals surface area contributed by atoms with Crippen molar-refractivity contribution in [1.82, 2.24) is 0 Å². The minimum atomic E-state index is 0.690. The Morgan fingerprint density at radius 2 is 2.14 bits per heavy atom. The monoisotopic (exact) mass is 193 g/mol. The van der Waals surface area contributed by atoms with Crippen molar-refractivity contribution in [2.75, 3.05) is 0 Å². The third-order valence-corrected chi connectivity index (χ3v) is 2.15. The molecule has 0 spiro atoms. The van der Waals surface area contributed by atoms with Gasteiger partial charge in [-0.25, -0.2) is 5.53 Å². The Morgan fingerprint density at radius 3 is 2.64 bits per heavy atom. The van der Waals surface area contributed by atoms with Crippen LogP contribution in [-0.2, 0) is 0 Å². The highest BCUT2D eigenvalue weighted by Gasteiger charge is 2.02. The molecule has 0 heterocycles. The highest BCUT2D eigenvalue weighted by molar-refractivity contribution is 6.45. The van der Waals surface area contributed by atoms with Crippen molar-refractivity contribution in [3.8, 4) is 0 Å². The van der Waals surface area contributed by atoms with Crippen molar-refractivity contribution < 1.29 is 0 Å². The first-order chi connectivity index (χ1) is 6.70. The summed E-state index contributed by atoms with van der Waals surface area (Å²) in [6.07, 6.45) is 7.57. The molecule has 0 aliphatic heterocycles. The first-order valence-corrected chi connectivity index (χ1v) is 5.59. The van der Waals surface area contributed by atoms with Gasteiger partial charge in [0, 0.05) is 6.20 Å². The van der Waals surface area contributed by atoms with Gasteiger partial charge in [-0.3, -0.25) is 0 Å². The van der Waals surface area contributed by atoms with Crippen LogP contribution in [-0.4, -0.2) is 7.28 Å². The Kier molecular flexibility index (Phi) is 8.60. The van der Waals surface area contributed by atoms with E-state index >= 15 is 0 Å². The molecule has 14 heavy (non-hydrogen) atoms. The molecular weight excluding hydrogens is 171 g/mol. The zero-order chi connectivity index (χ0) is 10.8. The molecule has 79 valence electrons. The molecule has 0 atom stereocenters. The van der Waals surface area contributed by atoms with E-state index < -0.39 is 0 Å². The minimum Gasteiger partial charge on any atom is -0.205 e. The van der Waals surface area contributed by atoms with Crippen molar-refractivity contribution in [3.05, 3.63) is 11.7 Å². The van der Waals surface area contributed by atoms with Crippen molar-refractivity contribution in [1.29, 1.82) is 5.53 Å². The van der Waals surface area contributed by atoms with Gasteiger partial charge in [0.2, 0.25) is 0 Å². The molecular formula is C11H22BN2. The molecule has 1 N–H and O–H groups in total. The van der Waals surface area contributed by atoms with Gasteiger partial charge in [0.25, 0.3) is 0 Å². The Labute approximate surface area is 88.9 Å². The maximum Gasteiger partial charge on any atom is 0.148 e. The number of hydrogen-bond acceptors (Lipinski definition) is 2. The predicted octanol–water partition coefficient (Wildman–Crippen LogP) is 4.22. The quantitative estimate of drug-likeness (QED) is 0.340. The lowest BCUT2D eigenvalue weighted by molar-refractivity contribution is 0.713. The van der Waals surface area contributed by atoms with E-state index in [4.69, 9.17) is 5.53 Å². The van der Waals surface area contributed by atoms with Crippen LogP contribution in [0.1, 0.15) is 46.5 Å². The summed E-state index contributed by atoms with van der Waals surface area (Å²) in [7, 11) is 2.22. The number of rotatable bonds is 8. The molecule has 0 aromatic heterocycles. The molecule has 3 heteroatoms. The summed E-state index contributed by atoms with van der Waals surface area (Å²) in [5, 5.41) is 3.35. The molecule has 0 rings (SSSR count). The van der Waals surface area contributed by atoms with E-state index in [9.17, 15) is 0 Å². The molecule has 0 amide bonds. The fraction of sp³-hybridized carbons (Fsp3) is 0.818. The normalized spacial score (nSPS) is 11.9. The molecule has 0 saturated carbocycles. The standard InChI is InChI=1S/C11H22BN2/c1-4-5-6-7-11(9-14-13)12-8-10(2)3/h9-10,13H,4-8H2,1-3H3/b11-9-,14-13?. The molecule has 0 bridgehead atoms. The average Bonchev–Trinajstić information content (AvgIpc) is 2.14. The van der Waals surface area contributed by atoms with Gasteiger partial charge in [0.05, 0.1) is 0 Å². The van der Waals surface area contributed by atoms with Crippen LogP contribution in [0.3, 0.4) is 0 Å². The third-order valence-electron chi connectivity index (χ3n) is 2.15. The van der Waals surface area contributed by atoms with Crippen LogP contribution < -0.4 is 0 Å². The minimum absolute atomic E-state index is 0.690. The van der Waals surface area contributed by atoms with Crippen molar-refractivity contribution in [2.24, 2.45) is 11.0 Å². The van der Waals surface area contributed by atoms with Crippen LogP contribution in [0.15, 0.2) is 16.8 Å². The fourth-order valence-corrected chi connectivity index (χ4v) is 1.27. The Morgan fingerprint density at radius 1 is 1.43 bits per heavy atom. The second-order valence-corrected chi connectivity index (χ2v) is 4.12. The van der Waals surface area contributed by atoms with Crippen LogP contribution in [0.5, 0.6) is 0 Å². The Hall–Kier alpha value is -0.595. The van der Waals surface area contributed by atoms with Crippen LogP contribution in [0.2, 0.25) is 6.32 Å². The van der Waals surface area contributed by atoms with Gasteiger partial charge in [-0.15, -0.1) is 0 Å². The third kappa shape index (κ3) is 8.02. The molecule has 0 fully saturated rings. The highest BCUT2D eigenvalue weighted by atomic mass is 14.9. The maximum absolute atomic E-state index is 6.83. The fourth-order valence-electron chi connectivity index (χ4n) is 1.27. The van der Waals surface area contributed by atoms with E-state index in [-0.39, 0.29) is 0 Å². The van der Waals surface area contributed by atoms with Crippen molar-refractivity contribution in [2.45, 2.75) is 52.8 Å². The van der Waals surface area contributed by atoms with E-state index in [1.54, 1.807) is 6.20 Å². The first kappa shape index (κ1) is 13.4. The van der Waals surface area contributed by atoms with Gasteiger partial charge >= 0.3 is 0 Å². The largest absolute Gasteiger partial charge is 0.205 e. The van der Waals surface area contributed by atoms with Crippen LogP contribution in [0, 0.1) is 11.4 Å². The van der Waals surface area contributed by atoms with E-state index in [1.807, 2.05) is 0 Å². The number of hydrogen-bond donors (Lipinski definition) is 1. The molecule has 1 radical (unpaired) electrons. The van der Waals surface area contributed by atoms with Gasteiger partial charge in [-0.1, -0.05) is 57.7 Å². The van der Waals surface area contributed by atoms with Crippen LogP contribution >= 0.6 is 0 Å². The zero-order valence-corrected chi connectivity index (χ0v) is 9.71. The van der Waals surface area contributed by atoms with E-state index in [0.29, 0.717) is 5.92 Å². The maximum atomic E-state index is 6.83. The molecule has 2 nitrogen and oxygen atoms in total. The zero-order valence-electron chi connectivity index (χ0n) is 9.71. The smallest absolute Gasteiger partial charge is 0.148 e. The van der Waals surface area contributed by atoms with Gasteiger partial charge in [-0.05, 0) is 6.42 Å². The number of unbranched alkanes of at least 4 members (excludes halogenated alkanes) is 2. The van der Waals surface area contributed by atoms with E-state index in [1.165, 1.54) is 24.7 Å². The summed E-state index contributed by atoms with van der Waals surface area (Å²) in [6, 6.07) is 0. The van der Waals surface area contributed by atoms with Crippen LogP contribution in [0.25, 0.3) is 0 Å². The number of nitrogens with zero attached hydrogens (tertiary/aromatic N) is 1. The molecule has 0 aliphatic rings. The molecule has 0 saturated heterocycles. The van der Waals surface area contributed by atoms with Crippen molar-refractivity contribution in [3.63, 3.8) is 0 Å². The Bertz CT molecular complexity index is 176. The Balaban J connectivity index is 3.78. The summed E-state index contributed by atoms with van der Waals surface area (Å²) >= 11 is 0. The van der Waals surface area contributed by atoms with Crippen molar-refractivity contribution >= 4 is 7.28 Å². The average molecular weight is 193 g/mol. The van der Waals surface area contributed by atoms with Gasteiger partial charge in [0.15, 0.2) is 0 Å². The SMILES string of the molecule is CCCCC/C([B]CC(C)C)=C/N=N. The summed E-state index contributed by atoms with van der Waals surface area (Å²) in [5.74, 6) is 0.690. The van der Waals surface area contributed by atoms with Gasteiger partial charge in [-0.2, -0.15) is 5.11 Å². The number of nitrogens with one attached hydrogen (secondary N) is 1. The lowest BCUT2D eigenvalue weighted by Gasteiger charge is -2.06. The predicted molar refractivity (Wildman–Crippen MR) is 62.8 cm³/mol. The molecule has 0 aromatic carbocycles. The van der Waals surface area contributed by atoms with Crippen LogP contribution in [0.4, 0.5) is 0 Å². The topological polar surface area (TPSA) is 36.2 Å². The number of allylic oxidation sites excluding steroid dienone is 1.